The molecule has 0 bridgehead atoms. The number of hydrogen-bond donors (Lipinski definition) is 2. The molecule has 0 radical (unpaired) electrons. The zero-order valence-corrected chi connectivity index (χ0v) is 17.2. The van der Waals surface area contributed by atoms with E-state index in [2.05, 4.69) is 84.6 Å². The molecule has 0 aliphatic heterocycles. The molecule has 0 unspecified atom stereocenters. The second-order valence-electron chi connectivity index (χ2n) is 5.92. The third-order valence-electron chi connectivity index (χ3n) is 4.01. The molecule has 0 fully saturated rings. The Labute approximate surface area is 172 Å². The number of hydrogen-bond acceptors (Lipinski definition) is 4. The fourth-order valence-corrected chi connectivity index (χ4v) is 4.69. The van der Waals surface area contributed by atoms with Crippen LogP contribution in [-0.2, 0) is 0 Å². The highest BCUT2D eigenvalue weighted by atomic mass is 32.1. The first kappa shape index (κ1) is 17.7. The van der Waals surface area contributed by atoms with Crippen molar-refractivity contribution in [1.82, 2.24) is 0 Å². The van der Waals surface area contributed by atoms with Gasteiger partial charge >= 0.3 is 0 Å². The molecule has 4 aromatic rings. The van der Waals surface area contributed by atoms with Crippen LogP contribution in [0.5, 0.6) is 0 Å². The lowest BCUT2D eigenvalue weighted by Gasteiger charge is -1.97. The Kier molecular flexibility index (Phi) is 5.36. The van der Waals surface area contributed by atoms with Gasteiger partial charge in [-0.05, 0) is 69.4 Å². The van der Waals surface area contributed by atoms with Crippen molar-refractivity contribution >= 4 is 60.1 Å². The van der Waals surface area contributed by atoms with E-state index >= 15 is 0 Å². The summed E-state index contributed by atoms with van der Waals surface area (Å²) in [6.07, 6.45) is 4.35. The largest absolute Gasteiger partial charge is 0.143 e. The molecule has 2 aromatic carbocycles. The molecule has 0 amide bonds. The smallest absolute Gasteiger partial charge is 0.0348 e. The van der Waals surface area contributed by atoms with Crippen molar-refractivity contribution in [2.45, 2.75) is 9.79 Å². The fourth-order valence-electron chi connectivity index (χ4n) is 2.62. The topological polar surface area (TPSA) is 0 Å². The van der Waals surface area contributed by atoms with Crippen LogP contribution >= 0.6 is 47.9 Å². The van der Waals surface area contributed by atoms with Gasteiger partial charge in [0.2, 0.25) is 0 Å². The van der Waals surface area contributed by atoms with E-state index in [0.29, 0.717) is 0 Å². The van der Waals surface area contributed by atoms with Gasteiger partial charge in [0.05, 0.1) is 0 Å². The highest BCUT2D eigenvalue weighted by molar-refractivity contribution is 7.80. The van der Waals surface area contributed by atoms with Gasteiger partial charge in [0.25, 0.3) is 0 Å². The molecule has 128 valence electrons. The lowest BCUT2D eigenvalue weighted by atomic mass is 10.1. The van der Waals surface area contributed by atoms with Gasteiger partial charge in [-0.25, -0.2) is 0 Å². The van der Waals surface area contributed by atoms with Gasteiger partial charge in [0.1, 0.15) is 0 Å². The van der Waals surface area contributed by atoms with E-state index in [1.807, 2.05) is 24.3 Å². The van der Waals surface area contributed by atoms with Crippen LogP contribution in [-0.4, -0.2) is 0 Å². The minimum atomic E-state index is 0.989. The molecule has 0 nitrogen and oxygen atoms in total. The fraction of sp³-hybridized carbons (Fsp3) is 0. The zero-order chi connectivity index (χ0) is 17.9. The minimum Gasteiger partial charge on any atom is -0.143 e. The van der Waals surface area contributed by atoms with Crippen LogP contribution in [0, 0.1) is 0 Å². The van der Waals surface area contributed by atoms with Crippen molar-refractivity contribution in [2.75, 3.05) is 0 Å². The first-order valence-electron chi connectivity index (χ1n) is 8.11. The van der Waals surface area contributed by atoms with Crippen LogP contribution in [0.25, 0.3) is 33.0 Å². The summed E-state index contributed by atoms with van der Waals surface area (Å²) in [6.45, 7) is 0. The van der Waals surface area contributed by atoms with E-state index in [9.17, 15) is 0 Å². The predicted octanol–water partition coefficient (Wildman–Crippen LogP) is 7.89. The monoisotopic (exact) mass is 408 g/mol. The number of thiol groups is 2. The molecular weight excluding hydrogens is 393 g/mol. The molecule has 0 spiro atoms. The average Bonchev–Trinajstić information content (AvgIpc) is 3.31. The number of thiophene rings is 2. The van der Waals surface area contributed by atoms with E-state index in [-0.39, 0.29) is 0 Å². The molecule has 0 saturated heterocycles. The Bertz CT molecular complexity index is 949. The third kappa shape index (κ3) is 4.15. The summed E-state index contributed by atoms with van der Waals surface area (Å²) in [5.74, 6) is 0. The summed E-state index contributed by atoms with van der Waals surface area (Å²) >= 11 is 12.2. The van der Waals surface area contributed by atoms with Crippen molar-refractivity contribution in [1.29, 1.82) is 0 Å². The summed E-state index contributed by atoms with van der Waals surface area (Å²) in [6, 6.07) is 21.0. The third-order valence-corrected chi connectivity index (χ3v) is 6.60. The Morgan fingerprint density at radius 3 is 1.35 bits per heavy atom. The van der Waals surface area contributed by atoms with Crippen LogP contribution in [0.3, 0.4) is 0 Å². The van der Waals surface area contributed by atoms with Crippen molar-refractivity contribution < 1.29 is 0 Å². The van der Waals surface area contributed by atoms with Crippen LogP contribution in [0.1, 0.15) is 11.1 Å². The molecule has 0 aliphatic carbocycles. The summed E-state index contributed by atoms with van der Waals surface area (Å²) in [7, 11) is 0. The Balaban J connectivity index is 1.50. The van der Waals surface area contributed by atoms with Crippen LogP contribution < -0.4 is 0 Å². The van der Waals surface area contributed by atoms with Crippen molar-refractivity contribution in [3.63, 3.8) is 0 Å². The molecule has 2 heterocycles. The maximum absolute atomic E-state index is 4.35. The normalized spacial score (nSPS) is 11.3. The Morgan fingerprint density at radius 2 is 0.962 bits per heavy atom. The van der Waals surface area contributed by atoms with Crippen LogP contribution in [0.15, 0.2) is 81.2 Å². The predicted molar refractivity (Wildman–Crippen MR) is 123 cm³/mol. The summed E-state index contributed by atoms with van der Waals surface area (Å²) in [4.78, 5) is 4.53. The maximum atomic E-state index is 4.35. The van der Waals surface area contributed by atoms with Gasteiger partial charge in [-0.15, -0.1) is 47.9 Å². The van der Waals surface area contributed by atoms with Gasteiger partial charge in [-0.1, -0.05) is 36.4 Å². The standard InChI is InChI=1S/C22H16S4/c23-19-7-3-17(4-8-19)21-11-15(13-25-21)1-2-16-12-22(26-14-16)18-5-9-20(24)10-6-18/h1-14,23-24H/b2-1-. The van der Waals surface area contributed by atoms with Crippen molar-refractivity contribution in [2.24, 2.45) is 0 Å². The van der Waals surface area contributed by atoms with Gasteiger partial charge in [-0.3, -0.25) is 0 Å². The van der Waals surface area contributed by atoms with E-state index in [1.165, 1.54) is 32.0 Å². The molecule has 0 N–H and O–H groups in total. The first-order valence-corrected chi connectivity index (χ1v) is 10.8. The van der Waals surface area contributed by atoms with Gasteiger partial charge < -0.3 is 0 Å². The molecular formula is C22H16S4. The van der Waals surface area contributed by atoms with E-state index < -0.39 is 0 Å². The summed E-state index contributed by atoms with van der Waals surface area (Å²) in [5.41, 5.74) is 4.93. The minimum absolute atomic E-state index is 0.989. The second kappa shape index (κ2) is 7.89. The molecule has 4 heteroatoms. The quantitative estimate of drug-likeness (QED) is 0.315. The molecule has 2 aromatic heterocycles. The van der Waals surface area contributed by atoms with E-state index in [0.717, 1.165) is 9.79 Å². The maximum Gasteiger partial charge on any atom is 0.0348 e. The van der Waals surface area contributed by atoms with Crippen LogP contribution in [0.4, 0.5) is 0 Å². The second-order valence-corrected chi connectivity index (χ2v) is 8.77. The SMILES string of the molecule is Sc1ccc(-c2cc(/C=C\c3csc(-c4ccc(S)cc4)c3)cs2)cc1. The molecule has 0 saturated carbocycles. The van der Waals surface area contributed by atoms with E-state index in [1.54, 1.807) is 22.7 Å². The summed E-state index contributed by atoms with van der Waals surface area (Å²) in [5, 5.41) is 4.39. The molecule has 0 atom stereocenters. The van der Waals surface area contributed by atoms with Gasteiger partial charge in [-0.2, -0.15) is 0 Å². The Morgan fingerprint density at radius 1 is 0.577 bits per heavy atom. The summed E-state index contributed by atoms with van der Waals surface area (Å²) < 4.78 is 0. The van der Waals surface area contributed by atoms with Crippen LogP contribution in [0.2, 0.25) is 0 Å². The molecule has 4 rings (SSSR count). The number of rotatable bonds is 4. The lowest BCUT2D eigenvalue weighted by molar-refractivity contribution is 1.48. The van der Waals surface area contributed by atoms with Crippen molar-refractivity contribution in [3.05, 3.63) is 82.6 Å². The highest BCUT2D eigenvalue weighted by Gasteiger charge is 2.03. The number of benzene rings is 2. The highest BCUT2D eigenvalue weighted by Crippen LogP contribution is 2.31. The lowest BCUT2D eigenvalue weighted by Crippen LogP contribution is -1.72. The van der Waals surface area contributed by atoms with E-state index in [4.69, 9.17) is 0 Å². The Hall–Kier alpha value is -1.72. The zero-order valence-electron chi connectivity index (χ0n) is 13.8. The average molecular weight is 409 g/mol. The van der Waals surface area contributed by atoms with Crippen molar-refractivity contribution in [3.8, 4) is 20.9 Å². The van der Waals surface area contributed by atoms with Gasteiger partial charge in [0, 0.05) is 19.5 Å². The first-order chi connectivity index (χ1) is 12.7. The van der Waals surface area contributed by atoms with Gasteiger partial charge in [0.15, 0.2) is 0 Å². The molecule has 26 heavy (non-hydrogen) atoms. The molecule has 0 aliphatic rings.